The molecule has 2 atom stereocenters. The quantitative estimate of drug-likeness (QED) is 0.412. The fourth-order valence-corrected chi connectivity index (χ4v) is 9.42. The number of esters is 1. The number of aliphatic hydroxyl groups is 1. The Labute approximate surface area is 229 Å². The number of nitrogens with zero attached hydrogens (tertiary/aromatic N) is 2. The minimum Gasteiger partial charge on any atom is -0.457 e. The summed E-state index contributed by atoms with van der Waals surface area (Å²) in [4.78, 5) is 26.7. The first-order valence-corrected chi connectivity index (χ1v) is 15.2. The summed E-state index contributed by atoms with van der Waals surface area (Å²) in [7, 11) is -3.67. The van der Waals surface area contributed by atoms with Crippen LogP contribution in [0.15, 0.2) is 35.2 Å². The second-order valence-corrected chi connectivity index (χ2v) is 14.0. The molecule has 5 fully saturated rings. The summed E-state index contributed by atoms with van der Waals surface area (Å²) in [5, 5.41) is 11.0. The minimum absolute atomic E-state index is 0.188. The maximum Gasteiger partial charge on any atom is 0.312 e. The average Bonchev–Trinajstić information content (AvgIpc) is 3.19. The molecule has 39 heavy (non-hydrogen) atoms. The molecule has 2 unspecified atom stereocenters. The number of hydrogen-bond acceptors (Lipinski definition) is 7. The number of rotatable bonds is 7. The molecular formula is C29H36N2O7S. The van der Waals surface area contributed by atoms with Gasteiger partial charge in [0.05, 0.1) is 29.1 Å². The van der Waals surface area contributed by atoms with E-state index >= 15 is 0 Å². The largest absolute Gasteiger partial charge is 0.457 e. The van der Waals surface area contributed by atoms with E-state index in [-0.39, 0.29) is 23.3 Å². The Hall–Kier alpha value is -2.53. The van der Waals surface area contributed by atoms with Gasteiger partial charge in [-0.05, 0) is 88.5 Å². The lowest BCUT2D eigenvalue weighted by molar-refractivity contribution is -0.195. The molecule has 0 amide bonds. The Kier molecular flexibility index (Phi) is 6.53. The van der Waals surface area contributed by atoms with Crippen LogP contribution in [-0.4, -0.2) is 72.7 Å². The van der Waals surface area contributed by atoms with Crippen LogP contribution in [0.4, 0.5) is 0 Å². The van der Waals surface area contributed by atoms with Gasteiger partial charge in [0, 0.05) is 35.7 Å². The molecule has 0 radical (unpaired) electrons. The van der Waals surface area contributed by atoms with Crippen molar-refractivity contribution < 1.29 is 32.6 Å². The van der Waals surface area contributed by atoms with Crippen LogP contribution in [0, 0.1) is 31.1 Å². The highest BCUT2D eigenvalue weighted by Crippen LogP contribution is 2.62. The van der Waals surface area contributed by atoms with E-state index in [4.69, 9.17) is 9.47 Å². The normalized spacial score (nSPS) is 30.4. The monoisotopic (exact) mass is 556 g/mol. The topological polar surface area (TPSA) is 115 Å². The Balaban J connectivity index is 1.19. The number of ketones is 1. The SMILES string of the molecule is Cc1cc(C(=O)COC(=O)C23CC4CC(CC(O)(C4)C2)C3)c(C)n1-c1cccc(S(=O)(=O)N2CCOCC2)c1. The van der Waals surface area contributed by atoms with Crippen LogP contribution in [0.1, 0.15) is 60.3 Å². The van der Waals surface area contributed by atoms with Crippen LogP contribution >= 0.6 is 0 Å². The van der Waals surface area contributed by atoms with Gasteiger partial charge in [-0.25, -0.2) is 8.42 Å². The number of carbonyl (C=O) groups is 2. The standard InChI is InChI=1S/C29H36N2O7S/c1-19-10-25(26(32)17-38-27(33)28-13-21-11-22(14-28)16-29(34,15-21)18-28)20(2)31(19)23-4-3-5-24(12-23)39(35,36)30-6-8-37-9-7-30/h3-5,10,12,21-22,34H,6-9,11,13-18H2,1-2H3. The first kappa shape index (κ1) is 26.7. The van der Waals surface area contributed by atoms with Crippen LogP contribution in [0.25, 0.3) is 5.69 Å². The summed E-state index contributed by atoms with van der Waals surface area (Å²) in [5.41, 5.74) is 1.04. The fraction of sp³-hybridized carbons (Fsp3) is 0.586. The van der Waals surface area contributed by atoms with Crippen molar-refractivity contribution >= 4 is 21.8 Å². The third kappa shape index (κ3) is 4.65. The Morgan fingerprint density at radius 1 is 1.08 bits per heavy atom. The number of aromatic nitrogens is 1. The average molecular weight is 557 g/mol. The number of carbonyl (C=O) groups excluding carboxylic acids is 2. The van der Waals surface area contributed by atoms with Crippen LogP contribution in [0.2, 0.25) is 0 Å². The van der Waals surface area contributed by atoms with E-state index in [1.165, 1.54) is 4.31 Å². The zero-order valence-corrected chi connectivity index (χ0v) is 23.3. The van der Waals surface area contributed by atoms with Crippen molar-refractivity contribution in [3.8, 4) is 5.69 Å². The summed E-state index contributed by atoms with van der Waals surface area (Å²) in [5.74, 6) is 0.0314. The van der Waals surface area contributed by atoms with Gasteiger partial charge < -0.3 is 19.1 Å². The lowest BCUT2D eigenvalue weighted by Gasteiger charge is -2.58. The second kappa shape index (κ2) is 9.54. The van der Waals surface area contributed by atoms with Gasteiger partial charge in [-0.15, -0.1) is 0 Å². The summed E-state index contributed by atoms with van der Waals surface area (Å²) < 4.78 is 40.6. The number of benzene rings is 1. The number of ether oxygens (including phenoxy) is 2. The van der Waals surface area contributed by atoms with Crippen LogP contribution in [-0.2, 0) is 24.3 Å². The zero-order chi connectivity index (χ0) is 27.6. The molecule has 7 rings (SSSR count). The molecule has 1 aromatic carbocycles. The molecule has 4 saturated carbocycles. The first-order valence-electron chi connectivity index (χ1n) is 13.8. The lowest BCUT2D eigenvalue weighted by atomic mass is 9.48. The molecule has 4 bridgehead atoms. The summed E-state index contributed by atoms with van der Waals surface area (Å²) in [6.07, 6.45) is 4.49. The number of aryl methyl sites for hydroxylation is 1. The molecule has 2 heterocycles. The summed E-state index contributed by atoms with van der Waals surface area (Å²) in [6.45, 7) is 4.67. The van der Waals surface area contributed by atoms with E-state index in [1.807, 2.05) is 17.6 Å². The third-order valence-corrected chi connectivity index (χ3v) is 11.1. The first-order chi connectivity index (χ1) is 18.5. The highest BCUT2D eigenvalue weighted by atomic mass is 32.2. The second-order valence-electron chi connectivity index (χ2n) is 12.1. The number of Topliss-reactive ketones (excluding diaryl/α,β-unsaturated/α-hetero) is 1. The van der Waals surface area contributed by atoms with Crippen molar-refractivity contribution in [3.05, 3.63) is 47.3 Å². The number of morpholine rings is 1. The van der Waals surface area contributed by atoms with E-state index < -0.39 is 21.0 Å². The molecule has 0 spiro atoms. The van der Waals surface area contributed by atoms with Gasteiger partial charge in [0.25, 0.3) is 0 Å². The van der Waals surface area contributed by atoms with Crippen molar-refractivity contribution in [2.75, 3.05) is 32.9 Å². The molecule has 1 aliphatic heterocycles. The van der Waals surface area contributed by atoms with E-state index in [0.717, 1.165) is 37.8 Å². The van der Waals surface area contributed by atoms with Gasteiger partial charge in [-0.3, -0.25) is 9.59 Å². The van der Waals surface area contributed by atoms with Crippen molar-refractivity contribution in [3.63, 3.8) is 0 Å². The summed E-state index contributed by atoms with van der Waals surface area (Å²) >= 11 is 0. The van der Waals surface area contributed by atoms with Crippen molar-refractivity contribution in [1.82, 2.24) is 8.87 Å². The molecule has 2 aromatic rings. The highest BCUT2D eigenvalue weighted by Gasteiger charge is 2.61. The van der Waals surface area contributed by atoms with Gasteiger partial charge in [0.2, 0.25) is 15.8 Å². The van der Waals surface area contributed by atoms with Crippen molar-refractivity contribution in [2.45, 2.75) is 62.9 Å². The van der Waals surface area contributed by atoms with Gasteiger partial charge in [-0.2, -0.15) is 4.31 Å². The zero-order valence-electron chi connectivity index (χ0n) is 22.5. The van der Waals surface area contributed by atoms with Gasteiger partial charge >= 0.3 is 5.97 Å². The molecule has 9 nitrogen and oxygen atoms in total. The molecule has 210 valence electrons. The number of hydrogen-bond donors (Lipinski definition) is 1. The fourth-order valence-electron chi connectivity index (χ4n) is 7.98. The molecule has 5 aliphatic rings. The summed E-state index contributed by atoms with van der Waals surface area (Å²) in [6, 6.07) is 8.46. The molecule has 10 heteroatoms. The molecule has 1 N–H and O–H groups in total. The van der Waals surface area contributed by atoms with E-state index in [1.54, 1.807) is 31.2 Å². The maximum atomic E-state index is 13.3. The molecular weight excluding hydrogens is 520 g/mol. The predicted octanol–water partition coefficient (Wildman–Crippen LogP) is 3.17. The van der Waals surface area contributed by atoms with Gasteiger partial charge in [-0.1, -0.05) is 6.07 Å². The van der Waals surface area contributed by atoms with Crippen LogP contribution in [0.3, 0.4) is 0 Å². The Bertz CT molecular complexity index is 1410. The van der Waals surface area contributed by atoms with Gasteiger partial charge in [0.1, 0.15) is 0 Å². The predicted molar refractivity (Wildman–Crippen MR) is 142 cm³/mol. The van der Waals surface area contributed by atoms with E-state index in [9.17, 15) is 23.1 Å². The highest BCUT2D eigenvalue weighted by molar-refractivity contribution is 7.89. The van der Waals surface area contributed by atoms with Crippen LogP contribution < -0.4 is 0 Å². The van der Waals surface area contributed by atoms with Gasteiger partial charge in [0.15, 0.2) is 6.61 Å². The van der Waals surface area contributed by atoms with Crippen LogP contribution in [0.5, 0.6) is 0 Å². The smallest absolute Gasteiger partial charge is 0.312 e. The molecule has 4 aliphatic carbocycles. The molecule has 1 aromatic heterocycles. The third-order valence-electron chi connectivity index (χ3n) is 9.21. The van der Waals surface area contributed by atoms with Crippen molar-refractivity contribution in [1.29, 1.82) is 0 Å². The number of sulfonamides is 1. The van der Waals surface area contributed by atoms with Crippen molar-refractivity contribution in [2.24, 2.45) is 17.3 Å². The Morgan fingerprint density at radius 2 is 1.77 bits per heavy atom. The maximum absolute atomic E-state index is 13.3. The minimum atomic E-state index is -3.67. The Morgan fingerprint density at radius 3 is 2.44 bits per heavy atom. The lowest BCUT2D eigenvalue weighted by Crippen LogP contribution is -2.58. The molecule has 1 saturated heterocycles. The van der Waals surface area contributed by atoms with E-state index in [0.29, 0.717) is 61.5 Å². The van der Waals surface area contributed by atoms with E-state index in [2.05, 4.69) is 0 Å².